The van der Waals surface area contributed by atoms with Crippen LogP contribution in [0.15, 0.2) is 28.7 Å². The fourth-order valence-electron chi connectivity index (χ4n) is 1.60. The molecule has 1 aliphatic carbocycles. The molecule has 0 radical (unpaired) electrons. The van der Waals surface area contributed by atoms with Gasteiger partial charge in [-0.05, 0) is 24.5 Å². The molecule has 0 heterocycles. The van der Waals surface area contributed by atoms with Crippen LogP contribution >= 0.6 is 15.9 Å². The van der Waals surface area contributed by atoms with Crippen LogP contribution in [-0.2, 0) is 11.3 Å². The van der Waals surface area contributed by atoms with E-state index in [4.69, 9.17) is 0 Å². The largest absolute Gasteiger partial charge is 0.341 e. The molecule has 1 aliphatic rings. The van der Waals surface area contributed by atoms with Crippen LogP contribution in [0.5, 0.6) is 0 Å². The average Bonchev–Trinajstić information content (AvgIpc) is 3.04. The highest BCUT2D eigenvalue weighted by Crippen LogP contribution is 2.31. The van der Waals surface area contributed by atoms with Crippen molar-refractivity contribution in [2.24, 2.45) is 5.92 Å². The molecule has 0 unspecified atom stereocenters. The summed E-state index contributed by atoms with van der Waals surface area (Å²) in [6, 6.07) is 8.03. The van der Waals surface area contributed by atoms with Crippen molar-refractivity contribution in [2.75, 3.05) is 7.05 Å². The summed E-state index contributed by atoms with van der Waals surface area (Å²) in [5.74, 6) is 0.586. The van der Waals surface area contributed by atoms with E-state index in [1.165, 1.54) is 0 Å². The standard InChI is InChI=1S/C12H14BrNO/c1-14(12(15)9-6-7-9)8-10-4-2-3-5-11(10)13/h2-5,9H,6-8H2,1H3. The molecular formula is C12H14BrNO. The highest BCUT2D eigenvalue weighted by atomic mass is 79.9. The van der Waals surface area contributed by atoms with Gasteiger partial charge >= 0.3 is 0 Å². The van der Waals surface area contributed by atoms with Crippen LogP contribution in [0.1, 0.15) is 18.4 Å². The summed E-state index contributed by atoms with van der Waals surface area (Å²) in [7, 11) is 1.88. The van der Waals surface area contributed by atoms with Gasteiger partial charge < -0.3 is 4.90 Å². The van der Waals surface area contributed by atoms with E-state index in [1.54, 1.807) is 0 Å². The first kappa shape index (κ1) is 10.7. The van der Waals surface area contributed by atoms with Crippen molar-refractivity contribution in [3.8, 4) is 0 Å². The summed E-state index contributed by atoms with van der Waals surface area (Å²) >= 11 is 3.49. The molecule has 1 aromatic rings. The first-order chi connectivity index (χ1) is 7.18. The van der Waals surface area contributed by atoms with Gasteiger partial charge in [0, 0.05) is 24.0 Å². The number of carbonyl (C=O) groups is 1. The Morgan fingerprint density at radius 1 is 1.47 bits per heavy atom. The van der Waals surface area contributed by atoms with Crippen LogP contribution in [0.2, 0.25) is 0 Å². The Kier molecular flexibility index (Phi) is 3.10. The number of nitrogens with zero attached hydrogens (tertiary/aromatic N) is 1. The van der Waals surface area contributed by atoms with Gasteiger partial charge in [0.25, 0.3) is 0 Å². The lowest BCUT2D eigenvalue weighted by Gasteiger charge is -2.17. The van der Waals surface area contributed by atoms with E-state index in [1.807, 2.05) is 36.2 Å². The molecule has 0 bridgehead atoms. The zero-order chi connectivity index (χ0) is 10.8. The lowest BCUT2D eigenvalue weighted by Crippen LogP contribution is -2.27. The van der Waals surface area contributed by atoms with Gasteiger partial charge in [0.15, 0.2) is 0 Å². The van der Waals surface area contributed by atoms with Gasteiger partial charge in [-0.3, -0.25) is 4.79 Å². The summed E-state index contributed by atoms with van der Waals surface area (Å²) in [5, 5.41) is 0. The van der Waals surface area contributed by atoms with Gasteiger partial charge in [-0.25, -0.2) is 0 Å². The van der Waals surface area contributed by atoms with Crippen molar-refractivity contribution in [3.05, 3.63) is 34.3 Å². The molecule has 0 aromatic heterocycles. The average molecular weight is 268 g/mol. The molecule has 0 spiro atoms. The van der Waals surface area contributed by atoms with Crippen LogP contribution in [0, 0.1) is 5.92 Å². The van der Waals surface area contributed by atoms with Crippen molar-refractivity contribution in [2.45, 2.75) is 19.4 Å². The molecule has 0 saturated heterocycles. The SMILES string of the molecule is CN(Cc1ccccc1Br)C(=O)C1CC1. The number of benzene rings is 1. The zero-order valence-electron chi connectivity index (χ0n) is 8.74. The minimum absolute atomic E-state index is 0.283. The van der Waals surface area contributed by atoms with Crippen molar-refractivity contribution in [1.82, 2.24) is 4.90 Å². The normalized spacial score (nSPS) is 15.1. The van der Waals surface area contributed by atoms with E-state index in [2.05, 4.69) is 15.9 Å². The third-order valence-corrected chi connectivity index (χ3v) is 3.44. The Balaban J connectivity index is 2.01. The maximum atomic E-state index is 11.7. The van der Waals surface area contributed by atoms with Crippen molar-refractivity contribution < 1.29 is 4.79 Å². The minimum atomic E-state index is 0.283. The highest BCUT2D eigenvalue weighted by Gasteiger charge is 2.31. The van der Waals surface area contributed by atoms with Crippen molar-refractivity contribution in [3.63, 3.8) is 0 Å². The number of halogens is 1. The van der Waals surface area contributed by atoms with Gasteiger partial charge in [0.2, 0.25) is 5.91 Å². The van der Waals surface area contributed by atoms with E-state index < -0.39 is 0 Å². The molecule has 2 nitrogen and oxygen atoms in total. The van der Waals surface area contributed by atoms with E-state index in [9.17, 15) is 4.79 Å². The van der Waals surface area contributed by atoms with E-state index in [0.717, 1.165) is 22.9 Å². The quantitative estimate of drug-likeness (QED) is 0.825. The summed E-state index contributed by atoms with van der Waals surface area (Å²) in [5.41, 5.74) is 1.16. The highest BCUT2D eigenvalue weighted by molar-refractivity contribution is 9.10. The first-order valence-electron chi connectivity index (χ1n) is 5.17. The van der Waals surface area contributed by atoms with Gasteiger partial charge in [-0.2, -0.15) is 0 Å². The van der Waals surface area contributed by atoms with Gasteiger partial charge in [0.1, 0.15) is 0 Å². The molecular weight excluding hydrogens is 254 g/mol. The third kappa shape index (κ3) is 2.59. The fourth-order valence-corrected chi connectivity index (χ4v) is 2.01. The number of hydrogen-bond acceptors (Lipinski definition) is 1. The van der Waals surface area contributed by atoms with Crippen LogP contribution in [0.4, 0.5) is 0 Å². The van der Waals surface area contributed by atoms with Gasteiger partial charge in [-0.15, -0.1) is 0 Å². The third-order valence-electron chi connectivity index (χ3n) is 2.67. The molecule has 2 rings (SSSR count). The topological polar surface area (TPSA) is 20.3 Å². The van der Waals surface area contributed by atoms with E-state index in [-0.39, 0.29) is 5.91 Å². The maximum absolute atomic E-state index is 11.7. The van der Waals surface area contributed by atoms with E-state index in [0.29, 0.717) is 12.5 Å². The van der Waals surface area contributed by atoms with Gasteiger partial charge in [0.05, 0.1) is 0 Å². The predicted molar refractivity (Wildman–Crippen MR) is 63.3 cm³/mol. The first-order valence-corrected chi connectivity index (χ1v) is 5.96. The second-order valence-electron chi connectivity index (χ2n) is 4.06. The maximum Gasteiger partial charge on any atom is 0.225 e. The van der Waals surface area contributed by atoms with Crippen LogP contribution in [0.25, 0.3) is 0 Å². The Morgan fingerprint density at radius 2 is 2.13 bits per heavy atom. The smallest absolute Gasteiger partial charge is 0.225 e. The van der Waals surface area contributed by atoms with Crippen LogP contribution in [-0.4, -0.2) is 17.9 Å². The van der Waals surface area contributed by atoms with Crippen LogP contribution < -0.4 is 0 Å². The monoisotopic (exact) mass is 267 g/mol. The minimum Gasteiger partial charge on any atom is -0.341 e. The molecule has 0 aliphatic heterocycles. The molecule has 80 valence electrons. The Labute approximate surface area is 98.4 Å². The van der Waals surface area contributed by atoms with Crippen molar-refractivity contribution >= 4 is 21.8 Å². The van der Waals surface area contributed by atoms with Crippen LogP contribution in [0.3, 0.4) is 0 Å². The lowest BCUT2D eigenvalue weighted by atomic mass is 10.2. The second kappa shape index (κ2) is 4.35. The molecule has 15 heavy (non-hydrogen) atoms. The summed E-state index contributed by atoms with van der Waals surface area (Å²) in [6.07, 6.45) is 2.14. The summed E-state index contributed by atoms with van der Waals surface area (Å²) in [4.78, 5) is 13.5. The molecule has 0 atom stereocenters. The molecule has 1 aromatic carbocycles. The molecule has 0 N–H and O–H groups in total. The van der Waals surface area contributed by atoms with Gasteiger partial charge in [-0.1, -0.05) is 34.1 Å². The summed E-state index contributed by atoms with van der Waals surface area (Å²) in [6.45, 7) is 0.691. The Morgan fingerprint density at radius 3 is 2.73 bits per heavy atom. The number of hydrogen-bond donors (Lipinski definition) is 0. The lowest BCUT2D eigenvalue weighted by molar-refractivity contribution is -0.131. The number of carbonyl (C=O) groups excluding carboxylic acids is 1. The zero-order valence-corrected chi connectivity index (χ0v) is 10.3. The predicted octanol–water partition coefficient (Wildman–Crippen LogP) is 2.82. The summed E-state index contributed by atoms with van der Waals surface area (Å²) < 4.78 is 1.07. The molecule has 1 fully saturated rings. The number of rotatable bonds is 3. The van der Waals surface area contributed by atoms with Crippen molar-refractivity contribution in [1.29, 1.82) is 0 Å². The number of amides is 1. The fraction of sp³-hybridized carbons (Fsp3) is 0.417. The second-order valence-corrected chi connectivity index (χ2v) is 4.91. The van der Waals surface area contributed by atoms with E-state index >= 15 is 0 Å². The Hall–Kier alpha value is -0.830. The molecule has 1 amide bonds. The molecule has 1 saturated carbocycles. The Bertz CT molecular complexity index is 374. The molecule has 3 heteroatoms.